The van der Waals surface area contributed by atoms with Crippen molar-refractivity contribution in [3.63, 3.8) is 0 Å². The topological polar surface area (TPSA) is 15.3 Å². The number of hydrogen-bond donors (Lipinski definition) is 1. The van der Waals surface area contributed by atoms with Gasteiger partial charge in [0.15, 0.2) is 0 Å². The van der Waals surface area contributed by atoms with Crippen molar-refractivity contribution in [2.24, 2.45) is 5.41 Å². The molecule has 1 saturated carbocycles. The first kappa shape index (κ1) is 9.47. The minimum Gasteiger partial charge on any atom is -0.317 e. The van der Waals surface area contributed by atoms with Crippen molar-refractivity contribution in [2.75, 3.05) is 26.7 Å². The average molecular weight is 182 g/mol. The van der Waals surface area contributed by atoms with Crippen LogP contribution in [0.3, 0.4) is 0 Å². The normalized spacial score (nSPS) is 29.1. The van der Waals surface area contributed by atoms with E-state index in [1.165, 1.54) is 45.3 Å². The summed E-state index contributed by atoms with van der Waals surface area (Å²) in [5.74, 6) is 0. The van der Waals surface area contributed by atoms with E-state index in [4.69, 9.17) is 0 Å². The summed E-state index contributed by atoms with van der Waals surface area (Å²) in [6.07, 6.45) is 5.70. The lowest BCUT2D eigenvalue weighted by molar-refractivity contribution is -0.0293. The van der Waals surface area contributed by atoms with Gasteiger partial charge in [0.2, 0.25) is 0 Å². The van der Waals surface area contributed by atoms with Crippen LogP contribution in [0.1, 0.15) is 32.6 Å². The molecule has 1 spiro atoms. The second-order valence-corrected chi connectivity index (χ2v) is 4.87. The summed E-state index contributed by atoms with van der Waals surface area (Å²) in [5.41, 5.74) is 0.739. The van der Waals surface area contributed by atoms with Gasteiger partial charge in [-0.3, -0.25) is 0 Å². The molecular formula is C11H22N2. The number of likely N-dealkylation sites (tertiary alicyclic amines) is 1. The van der Waals surface area contributed by atoms with Crippen LogP contribution in [-0.4, -0.2) is 37.6 Å². The molecule has 76 valence electrons. The van der Waals surface area contributed by atoms with Gasteiger partial charge in [0, 0.05) is 19.1 Å². The molecule has 2 nitrogen and oxygen atoms in total. The number of nitrogens with zero attached hydrogens (tertiary/aromatic N) is 1. The highest BCUT2D eigenvalue weighted by Crippen LogP contribution is 2.43. The molecule has 2 heteroatoms. The fourth-order valence-corrected chi connectivity index (χ4v) is 2.96. The van der Waals surface area contributed by atoms with Gasteiger partial charge in [0.25, 0.3) is 0 Å². The van der Waals surface area contributed by atoms with Gasteiger partial charge in [-0.1, -0.05) is 6.92 Å². The minimum absolute atomic E-state index is 0.739. The van der Waals surface area contributed by atoms with Crippen molar-refractivity contribution < 1.29 is 0 Å². The van der Waals surface area contributed by atoms with Gasteiger partial charge in [-0.15, -0.1) is 0 Å². The lowest BCUT2D eigenvalue weighted by Crippen LogP contribution is -2.58. The van der Waals surface area contributed by atoms with E-state index in [-0.39, 0.29) is 0 Å². The van der Waals surface area contributed by atoms with E-state index >= 15 is 0 Å². The monoisotopic (exact) mass is 182 g/mol. The molecule has 0 unspecified atom stereocenters. The Labute approximate surface area is 81.7 Å². The van der Waals surface area contributed by atoms with Gasteiger partial charge in [0.1, 0.15) is 0 Å². The summed E-state index contributed by atoms with van der Waals surface area (Å²) in [7, 11) is 2.10. The van der Waals surface area contributed by atoms with Crippen LogP contribution in [0.5, 0.6) is 0 Å². The molecule has 1 heterocycles. The Morgan fingerprint density at radius 3 is 2.38 bits per heavy atom. The third kappa shape index (κ3) is 1.75. The zero-order chi connectivity index (χ0) is 9.31. The predicted octanol–water partition coefficient (Wildman–Crippen LogP) is 1.47. The minimum atomic E-state index is 0.739. The van der Waals surface area contributed by atoms with Crippen LogP contribution in [0, 0.1) is 5.41 Å². The second kappa shape index (κ2) is 3.58. The van der Waals surface area contributed by atoms with Gasteiger partial charge in [-0.2, -0.15) is 0 Å². The van der Waals surface area contributed by atoms with Crippen molar-refractivity contribution in [3.8, 4) is 0 Å². The SMILES string of the molecule is CCN1CC2(CCC(NC)CC2)C1. The van der Waals surface area contributed by atoms with Crippen LogP contribution in [0.2, 0.25) is 0 Å². The summed E-state index contributed by atoms with van der Waals surface area (Å²) in [6.45, 7) is 6.27. The zero-order valence-corrected chi connectivity index (χ0v) is 8.97. The molecule has 2 aliphatic rings. The number of hydrogen-bond acceptors (Lipinski definition) is 2. The molecule has 0 bridgehead atoms. The molecule has 0 atom stereocenters. The van der Waals surface area contributed by atoms with Crippen LogP contribution in [0.4, 0.5) is 0 Å². The van der Waals surface area contributed by atoms with E-state index in [0.29, 0.717) is 0 Å². The number of nitrogens with one attached hydrogen (secondary N) is 1. The summed E-state index contributed by atoms with van der Waals surface area (Å²) < 4.78 is 0. The van der Waals surface area contributed by atoms with Gasteiger partial charge >= 0.3 is 0 Å². The molecule has 0 radical (unpaired) electrons. The lowest BCUT2D eigenvalue weighted by atomic mass is 9.67. The largest absolute Gasteiger partial charge is 0.317 e. The van der Waals surface area contributed by atoms with Crippen LogP contribution >= 0.6 is 0 Å². The molecule has 0 aromatic carbocycles. The summed E-state index contributed by atoms with van der Waals surface area (Å²) in [5, 5.41) is 3.40. The molecule has 13 heavy (non-hydrogen) atoms. The Kier molecular flexibility index (Phi) is 2.61. The maximum Gasteiger partial charge on any atom is 0.00645 e. The zero-order valence-electron chi connectivity index (χ0n) is 8.97. The Morgan fingerprint density at radius 2 is 1.92 bits per heavy atom. The fourth-order valence-electron chi connectivity index (χ4n) is 2.96. The van der Waals surface area contributed by atoms with Gasteiger partial charge < -0.3 is 10.2 Å². The first-order chi connectivity index (χ1) is 6.28. The first-order valence-corrected chi connectivity index (χ1v) is 5.68. The van der Waals surface area contributed by atoms with Crippen molar-refractivity contribution >= 4 is 0 Å². The molecule has 1 aliphatic carbocycles. The Hall–Kier alpha value is -0.0800. The van der Waals surface area contributed by atoms with Crippen LogP contribution in [-0.2, 0) is 0 Å². The molecule has 1 saturated heterocycles. The van der Waals surface area contributed by atoms with Crippen molar-refractivity contribution in [1.82, 2.24) is 10.2 Å². The molecule has 0 aromatic rings. The molecular weight excluding hydrogens is 160 g/mol. The third-order valence-corrected chi connectivity index (χ3v) is 4.02. The average Bonchev–Trinajstić information content (AvgIpc) is 2.14. The highest BCUT2D eigenvalue weighted by atomic mass is 15.2. The molecule has 0 amide bonds. The molecule has 1 N–H and O–H groups in total. The van der Waals surface area contributed by atoms with Crippen LogP contribution in [0.25, 0.3) is 0 Å². The van der Waals surface area contributed by atoms with Crippen LogP contribution in [0.15, 0.2) is 0 Å². The van der Waals surface area contributed by atoms with Crippen molar-refractivity contribution in [3.05, 3.63) is 0 Å². The van der Waals surface area contributed by atoms with E-state index < -0.39 is 0 Å². The fraction of sp³-hybridized carbons (Fsp3) is 1.00. The highest BCUT2D eigenvalue weighted by Gasteiger charge is 2.43. The van der Waals surface area contributed by atoms with E-state index in [2.05, 4.69) is 24.2 Å². The van der Waals surface area contributed by atoms with E-state index in [9.17, 15) is 0 Å². The standard InChI is InChI=1S/C11H22N2/c1-3-13-8-11(9-13)6-4-10(12-2)5-7-11/h10,12H,3-9H2,1-2H3. The van der Waals surface area contributed by atoms with E-state index in [1.54, 1.807) is 0 Å². The molecule has 2 rings (SSSR count). The van der Waals surface area contributed by atoms with Gasteiger partial charge in [-0.25, -0.2) is 0 Å². The predicted molar refractivity (Wildman–Crippen MR) is 55.9 cm³/mol. The second-order valence-electron chi connectivity index (χ2n) is 4.87. The van der Waals surface area contributed by atoms with Crippen molar-refractivity contribution in [2.45, 2.75) is 38.6 Å². The quantitative estimate of drug-likeness (QED) is 0.695. The van der Waals surface area contributed by atoms with Gasteiger partial charge in [-0.05, 0) is 44.7 Å². The Morgan fingerprint density at radius 1 is 1.31 bits per heavy atom. The lowest BCUT2D eigenvalue weighted by Gasteiger charge is -2.53. The maximum absolute atomic E-state index is 3.40. The number of rotatable bonds is 2. The first-order valence-electron chi connectivity index (χ1n) is 5.68. The van der Waals surface area contributed by atoms with Crippen molar-refractivity contribution in [1.29, 1.82) is 0 Å². The smallest absolute Gasteiger partial charge is 0.00645 e. The summed E-state index contributed by atoms with van der Waals surface area (Å²) in [6, 6.07) is 0.807. The van der Waals surface area contributed by atoms with Crippen LogP contribution < -0.4 is 5.32 Å². The highest BCUT2D eigenvalue weighted by molar-refractivity contribution is 4.98. The van der Waals surface area contributed by atoms with Gasteiger partial charge in [0.05, 0.1) is 0 Å². The molecule has 2 fully saturated rings. The molecule has 1 aliphatic heterocycles. The Bertz CT molecular complexity index is 163. The Balaban J connectivity index is 1.79. The van der Waals surface area contributed by atoms with E-state index in [0.717, 1.165) is 11.5 Å². The maximum atomic E-state index is 3.40. The third-order valence-electron chi connectivity index (χ3n) is 4.02. The van der Waals surface area contributed by atoms with E-state index in [1.807, 2.05) is 0 Å². The summed E-state index contributed by atoms with van der Waals surface area (Å²) >= 11 is 0. The summed E-state index contributed by atoms with van der Waals surface area (Å²) in [4.78, 5) is 2.57. The molecule has 0 aromatic heterocycles.